The minimum Gasteiger partial charge on any atom is -0.413 e. The van der Waals surface area contributed by atoms with Crippen molar-refractivity contribution in [2.24, 2.45) is 23.2 Å². The molecule has 6 atom stereocenters. The molecule has 3 aliphatic rings. The van der Waals surface area contributed by atoms with Crippen LogP contribution in [0.3, 0.4) is 0 Å². The van der Waals surface area contributed by atoms with E-state index < -0.39 is 25.0 Å². The van der Waals surface area contributed by atoms with Crippen LogP contribution in [0.25, 0.3) is 0 Å². The lowest BCUT2D eigenvalue weighted by Gasteiger charge is -2.45. The van der Waals surface area contributed by atoms with Gasteiger partial charge in [0, 0.05) is 12.8 Å². The van der Waals surface area contributed by atoms with E-state index in [-0.39, 0.29) is 27.9 Å². The van der Waals surface area contributed by atoms with Gasteiger partial charge in [-0.1, -0.05) is 85.6 Å². The standard InChI is InChI=1S/C42H76O3Si3/c1-31(21-19-27-41(9,10)45-46(12,13)14)36-25-26-37-33(22-20-28-42(36,37)11)23-24-34-29-35(43-47(15,16)39(3,4)5)30-38(32(34)2)44-48(17,18)40(6,7)8/h23-24,31,35-38H,2,20-22,25-26,28-30H2,1,3-18H3/b33-23+,34-24-/t31-,35+,36-,37+,38-,42-/m1/s1. The van der Waals surface area contributed by atoms with E-state index in [4.69, 9.17) is 19.9 Å². The maximum Gasteiger partial charge on any atom is 0.192 e. The first-order valence-electron chi connectivity index (χ1n) is 19.2. The van der Waals surface area contributed by atoms with Crippen LogP contribution in [0.2, 0.25) is 55.9 Å². The lowest BCUT2D eigenvalue weighted by Crippen LogP contribution is -2.49. The van der Waals surface area contributed by atoms with Crippen molar-refractivity contribution in [2.45, 2.75) is 194 Å². The largest absolute Gasteiger partial charge is 0.413 e. The van der Waals surface area contributed by atoms with Crippen LogP contribution < -0.4 is 0 Å². The van der Waals surface area contributed by atoms with E-state index in [2.05, 4.69) is 139 Å². The molecular formula is C42H76O3Si3. The second kappa shape index (κ2) is 14.7. The Balaban J connectivity index is 1.86. The molecule has 48 heavy (non-hydrogen) atoms. The van der Waals surface area contributed by atoms with Crippen LogP contribution in [-0.4, -0.2) is 42.8 Å². The van der Waals surface area contributed by atoms with Crippen LogP contribution in [0.1, 0.15) is 121 Å². The molecule has 6 heteroatoms. The van der Waals surface area contributed by atoms with Crippen LogP contribution in [0.5, 0.6) is 0 Å². The number of fused-ring (bicyclic) bond motifs is 1. The van der Waals surface area contributed by atoms with E-state index >= 15 is 0 Å². The van der Waals surface area contributed by atoms with E-state index in [1.165, 1.54) is 43.3 Å². The molecule has 3 nitrogen and oxygen atoms in total. The van der Waals surface area contributed by atoms with Crippen molar-refractivity contribution in [1.29, 1.82) is 0 Å². The SMILES string of the molecule is C=C1/C(=C\C=C2/CCC[C@]3(C)[C@@H]([C@H](C)CC#CC(C)(C)O[Si](C)(C)C)CC[C@@H]23)C[C@H](O[Si](C)(C)C(C)(C)C)C[C@H]1O[Si](C)(C)C(C)(C)C. The highest BCUT2D eigenvalue weighted by Crippen LogP contribution is 2.60. The van der Waals surface area contributed by atoms with Gasteiger partial charge >= 0.3 is 0 Å². The Labute approximate surface area is 301 Å². The molecule has 3 rings (SSSR count). The number of hydrogen-bond acceptors (Lipinski definition) is 3. The first-order valence-corrected chi connectivity index (χ1v) is 28.5. The summed E-state index contributed by atoms with van der Waals surface area (Å²) in [6.45, 7) is 44.3. The smallest absolute Gasteiger partial charge is 0.192 e. The molecule has 0 amide bonds. The van der Waals surface area contributed by atoms with Gasteiger partial charge in [0.25, 0.3) is 0 Å². The van der Waals surface area contributed by atoms with Gasteiger partial charge < -0.3 is 13.3 Å². The van der Waals surface area contributed by atoms with Gasteiger partial charge in [0.15, 0.2) is 25.0 Å². The van der Waals surface area contributed by atoms with Crippen molar-refractivity contribution in [3.05, 3.63) is 35.5 Å². The van der Waals surface area contributed by atoms with Crippen molar-refractivity contribution >= 4 is 25.0 Å². The van der Waals surface area contributed by atoms with E-state index in [1.54, 1.807) is 5.57 Å². The third-order valence-electron chi connectivity index (χ3n) is 12.8. The molecule has 0 unspecified atom stereocenters. The first kappa shape index (κ1) is 41.7. The fraction of sp³-hybridized carbons (Fsp3) is 0.810. The Kier molecular flexibility index (Phi) is 12.8. The molecule has 3 fully saturated rings. The van der Waals surface area contributed by atoms with Crippen LogP contribution in [0.4, 0.5) is 0 Å². The lowest BCUT2D eigenvalue weighted by molar-refractivity contribution is 0.0966. The van der Waals surface area contributed by atoms with Gasteiger partial charge in [-0.05, 0) is 143 Å². The summed E-state index contributed by atoms with van der Waals surface area (Å²) in [7, 11) is -5.55. The van der Waals surface area contributed by atoms with Crippen molar-refractivity contribution in [3.63, 3.8) is 0 Å². The molecule has 0 radical (unpaired) electrons. The van der Waals surface area contributed by atoms with E-state index in [0.29, 0.717) is 23.2 Å². The van der Waals surface area contributed by atoms with Crippen molar-refractivity contribution in [3.8, 4) is 11.8 Å². The van der Waals surface area contributed by atoms with Gasteiger partial charge in [-0.15, -0.1) is 5.92 Å². The van der Waals surface area contributed by atoms with E-state index in [1.807, 2.05) is 0 Å². The highest BCUT2D eigenvalue weighted by Gasteiger charge is 2.51. The third-order valence-corrected chi connectivity index (χ3v) is 23.0. The van der Waals surface area contributed by atoms with Gasteiger partial charge in [0.2, 0.25) is 0 Å². The van der Waals surface area contributed by atoms with Gasteiger partial charge in [-0.25, -0.2) is 0 Å². The molecular weight excluding hydrogens is 637 g/mol. The fourth-order valence-corrected chi connectivity index (χ4v) is 12.6. The zero-order valence-electron chi connectivity index (χ0n) is 34.6. The number of hydrogen-bond donors (Lipinski definition) is 0. The third kappa shape index (κ3) is 10.2. The summed E-state index contributed by atoms with van der Waals surface area (Å²) >= 11 is 0. The zero-order valence-corrected chi connectivity index (χ0v) is 37.6. The molecule has 274 valence electrons. The summed E-state index contributed by atoms with van der Waals surface area (Å²) in [6.07, 6.45) is 14.4. The van der Waals surface area contributed by atoms with Gasteiger partial charge in [0.1, 0.15) is 5.60 Å². The highest BCUT2D eigenvalue weighted by atomic mass is 28.4. The molecule has 0 aromatic carbocycles. The summed E-state index contributed by atoms with van der Waals surface area (Å²) in [6, 6.07) is 0. The maximum atomic E-state index is 7.11. The Morgan fingerprint density at radius 1 is 0.896 bits per heavy atom. The molecule has 0 saturated heterocycles. The van der Waals surface area contributed by atoms with Gasteiger partial charge in [0.05, 0.1) is 12.2 Å². The average molecular weight is 713 g/mol. The van der Waals surface area contributed by atoms with E-state index in [0.717, 1.165) is 19.3 Å². The molecule has 0 aliphatic heterocycles. The Bertz CT molecular complexity index is 1270. The molecule has 0 aromatic heterocycles. The first-order chi connectivity index (χ1) is 21.6. The minimum absolute atomic E-state index is 0.0228. The predicted octanol–water partition coefficient (Wildman–Crippen LogP) is 12.8. The van der Waals surface area contributed by atoms with Crippen molar-refractivity contribution in [2.75, 3.05) is 0 Å². The Morgan fingerprint density at radius 3 is 2.04 bits per heavy atom. The van der Waals surface area contributed by atoms with Crippen LogP contribution in [0.15, 0.2) is 35.5 Å². The quantitative estimate of drug-likeness (QED) is 0.176. The fourth-order valence-electron chi connectivity index (χ4n) is 8.34. The lowest BCUT2D eigenvalue weighted by atomic mass is 9.61. The summed E-state index contributed by atoms with van der Waals surface area (Å²) in [4.78, 5) is 0. The van der Waals surface area contributed by atoms with Crippen LogP contribution >= 0.6 is 0 Å². The van der Waals surface area contributed by atoms with Crippen LogP contribution in [0, 0.1) is 35.0 Å². The van der Waals surface area contributed by atoms with Gasteiger partial charge in [-0.3, -0.25) is 0 Å². The Hall–Kier alpha value is -0.689. The normalized spacial score (nSPS) is 30.3. The topological polar surface area (TPSA) is 27.7 Å². The number of allylic oxidation sites excluding steroid dienone is 3. The molecule has 3 saturated carbocycles. The summed E-state index contributed by atoms with van der Waals surface area (Å²) in [5.41, 5.74) is 4.16. The number of rotatable bonds is 9. The molecule has 0 heterocycles. The summed E-state index contributed by atoms with van der Waals surface area (Å²) in [5, 5.41) is 0.327. The van der Waals surface area contributed by atoms with Crippen molar-refractivity contribution < 1.29 is 13.3 Å². The molecule has 0 bridgehead atoms. The van der Waals surface area contributed by atoms with Gasteiger partial charge in [-0.2, -0.15) is 0 Å². The molecule has 0 aromatic rings. The zero-order chi connectivity index (χ0) is 36.7. The molecule has 0 N–H and O–H groups in total. The summed E-state index contributed by atoms with van der Waals surface area (Å²) in [5.74, 6) is 9.03. The molecule has 3 aliphatic carbocycles. The van der Waals surface area contributed by atoms with E-state index in [9.17, 15) is 0 Å². The highest BCUT2D eigenvalue weighted by molar-refractivity contribution is 6.74. The predicted molar refractivity (Wildman–Crippen MR) is 217 cm³/mol. The summed E-state index contributed by atoms with van der Waals surface area (Å²) < 4.78 is 20.6. The Morgan fingerprint density at radius 2 is 1.48 bits per heavy atom. The minimum atomic E-state index is -1.98. The van der Waals surface area contributed by atoms with Crippen LogP contribution in [-0.2, 0) is 13.3 Å². The monoisotopic (exact) mass is 713 g/mol. The average Bonchev–Trinajstić information content (AvgIpc) is 3.24. The second-order valence-electron chi connectivity index (χ2n) is 20.6. The van der Waals surface area contributed by atoms with Crippen molar-refractivity contribution in [1.82, 2.24) is 0 Å². The molecule has 0 spiro atoms. The second-order valence-corrected chi connectivity index (χ2v) is 34.5. The maximum absolute atomic E-state index is 7.11.